The van der Waals surface area contributed by atoms with E-state index in [1.54, 1.807) is 13.2 Å². The highest BCUT2D eigenvalue weighted by atomic mass is 32.2. The van der Waals surface area contributed by atoms with E-state index in [9.17, 15) is 8.42 Å². The van der Waals surface area contributed by atoms with Crippen molar-refractivity contribution < 1.29 is 8.42 Å². The van der Waals surface area contributed by atoms with E-state index < -0.39 is 10.2 Å². The third kappa shape index (κ3) is 3.81. The predicted molar refractivity (Wildman–Crippen MR) is 81.3 cm³/mol. The molecule has 0 aliphatic heterocycles. The smallest absolute Gasteiger partial charge is 0.279 e. The van der Waals surface area contributed by atoms with Crippen molar-refractivity contribution in [1.29, 1.82) is 0 Å². The lowest BCUT2D eigenvalue weighted by Crippen LogP contribution is -2.37. The summed E-state index contributed by atoms with van der Waals surface area (Å²) in [6.45, 7) is 0.416. The number of anilines is 1. The van der Waals surface area contributed by atoms with Crippen LogP contribution in [0.3, 0.4) is 0 Å². The molecule has 0 bridgehead atoms. The monoisotopic (exact) mass is 309 g/mol. The number of hydrogen-bond acceptors (Lipinski definition) is 4. The Kier molecular flexibility index (Phi) is 4.61. The summed E-state index contributed by atoms with van der Waals surface area (Å²) < 4.78 is 29.6. The van der Waals surface area contributed by atoms with E-state index in [4.69, 9.17) is 5.73 Å². The molecule has 0 aliphatic carbocycles. The fourth-order valence-electron chi connectivity index (χ4n) is 1.83. The summed E-state index contributed by atoms with van der Waals surface area (Å²) in [5.74, 6) is 0.448. The van der Waals surface area contributed by atoms with E-state index in [-0.39, 0.29) is 6.54 Å². The second-order valence-corrected chi connectivity index (χ2v) is 6.61. The fourth-order valence-corrected chi connectivity index (χ4v) is 2.71. The molecule has 0 unspecified atom stereocenters. The number of nitrogens with zero attached hydrogens (tertiary/aromatic N) is 3. The van der Waals surface area contributed by atoms with Crippen molar-refractivity contribution in [2.45, 2.75) is 13.1 Å². The Morgan fingerprint density at radius 1 is 1.33 bits per heavy atom. The van der Waals surface area contributed by atoms with Crippen LogP contribution < -0.4 is 10.5 Å². The molecule has 0 amide bonds. The molecule has 0 aliphatic rings. The molecule has 0 saturated carbocycles. The van der Waals surface area contributed by atoms with Crippen LogP contribution in [-0.2, 0) is 30.3 Å². The van der Waals surface area contributed by atoms with E-state index in [0.29, 0.717) is 17.9 Å². The van der Waals surface area contributed by atoms with Gasteiger partial charge in [-0.1, -0.05) is 30.3 Å². The molecule has 2 rings (SSSR count). The largest absolute Gasteiger partial charge is 0.384 e. The van der Waals surface area contributed by atoms with Crippen LogP contribution in [0, 0.1) is 0 Å². The summed E-state index contributed by atoms with van der Waals surface area (Å²) >= 11 is 0. The Balaban J connectivity index is 1.99. The van der Waals surface area contributed by atoms with Crippen molar-refractivity contribution in [2.24, 2.45) is 7.05 Å². The van der Waals surface area contributed by atoms with E-state index in [0.717, 1.165) is 5.56 Å². The first-order valence-corrected chi connectivity index (χ1v) is 7.85. The minimum Gasteiger partial charge on any atom is -0.384 e. The van der Waals surface area contributed by atoms with Crippen molar-refractivity contribution >= 4 is 16.0 Å². The highest BCUT2D eigenvalue weighted by Gasteiger charge is 2.18. The maximum absolute atomic E-state index is 12.2. The van der Waals surface area contributed by atoms with Crippen LogP contribution >= 0.6 is 0 Å². The lowest BCUT2D eigenvalue weighted by molar-refractivity contribution is 0.455. The minimum absolute atomic E-state index is 0.112. The number of aromatic nitrogens is 2. The van der Waals surface area contributed by atoms with Crippen LogP contribution in [0.2, 0.25) is 0 Å². The van der Waals surface area contributed by atoms with Crippen LogP contribution in [0.1, 0.15) is 11.1 Å². The summed E-state index contributed by atoms with van der Waals surface area (Å²) in [6.07, 6.45) is 1.55. The zero-order valence-electron chi connectivity index (χ0n) is 12.0. The molecule has 0 spiro atoms. The summed E-state index contributed by atoms with van der Waals surface area (Å²) in [5.41, 5.74) is 7.35. The second kappa shape index (κ2) is 6.25. The van der Waals surface area contributed by atoms with Gasteiger partial charge in [0.15, 0.2) is 0 Å². The van der Waals surface area contributed by atoms with Gasteiger partial charge in [0.2, 0.25) is 0 Å². The number of hydrogen-bond donors (Lipinski definition) is 2. The molecule has 2 aromatic rings. The van der Waals surface area contributed by atoms with E-state index in [2.05, 4.69) is 9.82 Å². The van der Waals surface area contributed by atoms with Gasteiger partial charge in [-0.05, 0) is 5.56 Å². The number of rotatable bonds is 6. The van der Waals surface area contributed by atoms with E-state index in [1.807, 2.05) is 30.3 Å². The highest BCUT2D eigenvalue weighted by Crippen LogP contribution is 2.10. The molecule has 1 aromatic carbocycles. The quantitative estimate of drug-likeness (QED) is 0.811. The maximum atomic E-state index is 12.2. The van der Waals surface area contributed by atoms with Crippen LogP contribution in [0.25, 0.3) is 0 Å². The highest BCUT2D eigenvalue weighted by molar-refractivity contribution is 7.87. The Labute approximate surface area is 124 Å². The van der Waals surface area contributed by atoms with Gasteiger partial charge in [-0.2, -0.15) is 22.5 Å². The Hall–Kier alpha value is -1.90. The van der Waals surface area contributed by atoms with Gasteiger partial charge in [-0.15, -0.1) is 0 Å². The predicted octanol–water partition coefficient (Wildman–Crippen LogP) is 0.469. The van der Waals surface area contributed by atoms with Crippen molar-refractivity contribution in [3.63, 3.8) is 0 Å². The summed E-state index contributed by atoms with van der Waals surface area (Å²) in [6, 6.07) is 9.40. The molecule has 0 saturated heterocycles. The molecular weight excluding hydrogens is 290 g/mol. The standard InChI is InChI=1S/C13H19N5O2S/c1-17(10-11-6-4-3-5-7-11)21(19,20)16-9-12-8-15-18(2)13(12)14/h3-8,16H,9-10,14H2,1-2H3. The van der Waals surface area contributed by atoms with Crippen LogP contribution in [0.5, 0.6) is 0 Å². The molecule has 0 fully saturated rings. The minimum atomic E-state index is -3.57. The molecular formula is C13H19N5O2S. The van der Waals surface area contributed by atoms with Gasteiger partial charge in [-0.25, -0.2) is 0 Å². The van der Waals surface area contributed by atoms with Crippen LogP contribution in [-0.4, -0.2) is 29.6 Å². The topological polar surface area (TPSA) is 93.2 Å². The number of nitrogens with one attached hydrogen (secondary N) is 1. The number of aryl methyl sites for hydroxylation is 1. The van der Waals surface area contributed by atoms with Crippen molar-refractivity contribution in [3.8, 4) is 0 Å². The normalized spacial score (nSPS) is 12.0. The average molecular weight is 309 g/mol. The van der Waals surface area contributed by atoms with Crippen LogP contribution in [0.4, 0.5) is 5.82 Å². The zero-order valence-corrected chi connectivity index (χ0v) is 12.8. The molecule has 3 N–H and O–H groups in total. The van der Waals surface area contributed by atoms with Gasteiger partial charge in [0.1, 0.15) is 5.82 Å². The maximum Gasteiger partial charge on any atom is 0.279 e. The van der Waals surface area contributed by atoms with Crippen molar-refractivity contribution in [2.75, 3.05) is 12.8 Å². The second-order valence-electron chi connectivity index (χ2n) is 4.75. The third-order valence-corrected chi connectivity index (χ3v) is 4.63. The van der Waals surface area contributed by atoms with Gasteiger partial charge in [-0.3, -0.25) is 4.68 Å². The van der Waals surface area contributed by atoms with E-state index >= 15 is 0 Å². The third-order valence-electron chi connectivity index (χ3n) is 3.17. The summed E-state index contributed by atoms with van der Waals surface area (Å²) in [4.78, 5) is 0. The van der Waals surface area contributed by atoms with Crippen molar-refractivity contribution in [1.82, 2.24) is 18.8 Å². The molecule has 8 heteroatoms. The fraction of sp³-hybridized carbons (Fsp3) is 0.308. The van der Waals surface area contributed by atoms with Gasteiger partial charge >= 0.3 is 0 Å². The summed E-state index contributed by atoms with van der Waals surface area (Å²) in [5, 5.41) is 3.97. The molecule has 0 radical (unpaired) electrons. The molecule has 0 atom stereocenters. The SMILES string of the molecule is CN(Cc1ccccc1)S(=O)(=O)NCc1cnn(C)c1N. The van der Waals surface area contributed by atoms with Crippen molar-refractivity contribution in [3.05, 3.63) is 47.7 Å². The van der Waals surface area contributed by atoms with Gasteiger partial charge < -0.3 is 5.73 Å². The van der Waals surface area contributed by atoms with Crippen LogP contribution in [0.15, 0.2) is 36.5 Å². The molecule has 1 heterocycles. The Bertz CT molecular complexity index is 697. The summed E-state index contributed by atoms with van der Waals surface area (Å²) in [7, 11) is -0.340. The first kappa shape index (κ1) is 15.5. The first-order valence-electron chi connectivity index (χ1n) is 6.41. The zero-order chi connectivity index (χ0) is 15.5. The molecule has 1 aromatic heterocycles. The number of nitrogens with two attached hydrogens (primary N) is 1. The van der Waals surface area contributed by atoms with Gasteiger partial charge in [0.05, 0.1) is 6.20 Å². The van der Waals surface area contributed by atoms with E-state index in [1.165, 1.54) is 16.0 Å². The lowest BCUT2D eigenvalue weighted by Gasteiger charge is -2.17. The molecule has 7 nitrogen and oxygen atoms in total. The first-order chi connectivity index (χ1) is 9.90. The number of nitrogen functional groups attached to an aromatic ring is 1. The van der Waals surface area contributed by atoms with Gasteiger partial charge in [0, 0.05) is 32.7 Å². The van der Waals surface area contributed by atoms with Gasteiger partial charge in [0.25, 0.3) is 10.2 Å². The molecule has 114 valence electrons. The Morgan fingerprint density at radius 3 is 2.57 bits per heavy atom. The molecule has 21 heavy (non-hydrogen) atoms. The average Bonchev–Trinajstić information content (AvgIpc) is 2.78. The lowest BCUT2D eigenvalue weighted by atomic mass is 10.2. The Morgan fingerprint density at radius 2 is 2.00 bits per heavy atom. The number of benzene rings is 1.